The molecule has 3 nitrogen and oxygen atoms in total. The van der Waals surface area contributed by atoms with Gasteiger partial charge < -0.3 is 14.8 Å². The molecule has 1 saturated heterocycles. The zero-order chi connectivity index (χ0) is 12.1. The topological polar surface area (TPSA) is 30.5 Å². The van der Waals surface area contributed by atoms with Crippen LogP contribution in [0.1, 0.15) is 18.4 Å². The highest BCUT2D eigenvalue weighted by atomic mass is 16.5. The van der Waals surface area contributed by atoms with Gasteiger partial charge in [0.15, 0.2) is 0 Å². The average Bonchev–Trinajstić information content (AvgIpc) is 2.39. The molecule has 1 N–H and O–H groups in total. The largest absolute Gasteiger partial charge is 0.497 e. The molecule has 0 radical (unpaired) electrons. The van der Waals surface area contributed by atoms with Crippen LogP contribution in [-0.2, 0) is 6.42 Å². The first-order valence-electron chi connectivity index (χ1n) is 6.24. The van der Waals surface area contributed by atoms with E-state index in [1.54, 1.807) is 14.2 Å². The van der Waals surface area contributed by atoms with Crippen LogP contribution < -0.4 is 14.8 Å². The SMILES string of the molecule is COc1cc(C[C@@H]2CCCNC2)cc(OC)c1. The van der Waals surface area contributed by atoms with E-state index in [-0.39, 0.29) is 0 Å². The minimum absolute atomic E-state index is 0.737. The number of rotatable bonds is 4. The number of piperidine rings is 1. The van der Waals surface area contributed by atoms with Gasteiger partial charge in [-0.3, -0.25) is 0 Å². The van der Waals surface area contributed by atoms with Gasteiger partial charge in [0.1, 0.15) is 11.5 Å². The molecule has 17 heavy (non-hydrogen) atoms. The van der Waals surface area contributed by atoms with E-state index in [4.69, 9.17) is 9.47 Å². The quantitative estimate of drug-likeness (QED) is 0.868. The van der Waals surface area contributed by atoms with Crippen LogP contribution in [0.25, 0.3) is 0 Å². The molecule has 3 heteroatoms. The predicted molar refractivity (Wildman–Crippen MR) is 68.8 cm³/mol. The van der Waals surface area contributed by atoms with Crippen molar-refractivity contribution in [2.45, 2.75) is 19.3 Å². The maximum absolute atomic E-state index is 5.29. The molecule has 1 aliphatic heterocycles. The Bertz CT molecular complexity index is 337. The van der Waals surface area contributed by atoms with E-state index in [9.17, 15) is 0 Å². The summed E-state index contributed by atoms with van der Waals surface area (Å²) in [4.78, 5) is 0. The third-order valence-corrected chi connectivity index (χ3v) is 3.33. The number of nitrogens with one attached hydrogen (secondary N) is 1. The van der Waals surface area contributed by atoms with Gasteiger partial charge in [0.05, 0.1) is 14.2 Å². The second kappa shape index (κ2) is 5.92. The molecule has 0 unspecified atom stereocenters. The van der Waals surface area contributed by atoms with Gasteiger partial charge in [0, 0.05) is 6.07 Å². The van der Waals surface area contributed by atoms with Crippen LogP contribution in [0.4, 0.5) is 0 Å². The molecule has 94 valence electrons. The molecule has 0 bridgehead atoms. The smallest absolute Gasteiger partial charge is 0.122 e. The summed E-state index contributed by atoms with van der Waals surface area (Å²) < 4.78 is 10.6. The number of hydrogen-bond acceptors (Lipinski definition) is 3. The van der Waals surface area contributed by atoms with E-state index < -0.39 is 0 Å². The maximum atomic E-state index is 5.29. The molecule has 0 amide bonds. The number of benzene rings is 1. The van der Waals surface area contributed by atoms with Crippen molar-refractivity contribution in [2.24, 2.45) is 5.92 Å². The van der Waals surface area contributed by atoms with Crippen LogP contribution in [0, 0.1) is 5.92 Å². The van der Waals surface area contributed by atoms with Crippen LogP contribution in [0.15, 0.2) is 18.2 Å². The lowest BCUT2D eigenvalue weighted by Gasteiger charge is -2.23. The minimum Gasteiger partial charge on any atom is -0.497 e. The van der Waals surface area contributed by atoms with Crippen molar-refractivity contribution in [1.29, 1.82) is 0 Å². The number of ether oxygens (including phenoxy) is 2. The van der Waals surface area contributed by atoms with Gasteiger partial charge in [0.2, 0.25) is 0 Å². The highest BCUT2D eigenvalue weighted by Gasteiger charge is 2.14. The lowest BCUT2D eigenvalue weighted by Crippen LogP contribution is -2.30. The van der Waals surface area contributed by atoms with Gasteiger partial charge in [-0.05, 0) is 56.0 Å². The summed E-state index contributed by atoms with van der Waals surface area (Å²) in [6.45, 7) is 2.29. The second-order valence-corrected chi connectivity index (χ2v) is 4.64. The molecule has 0 aromatic heterocycles. The van der Waals surface area contributed by atoms with Crippen LogP contribution in [0.2, 0.25) is 0 Å². The van der Waals surface area contributed by atoms with Crippen molar-refractivity contribution >= 4 is 0 Å². The number of methoxy groups -OCH3 is 2. The van der Waals surface area contributed by atoms with Crippen molar-refractivity contribution in [3.8, 4) is 11.5 Å². The molecule has 1 aromatic rings. The first-order valence-corrected chi connectivity index (χ1v) is 6.24. The minimum atomic E-state index is 0.737. The third-order valence-electron chi connectivity index (χ3n) is 3.33. The molecule has 1 aromatic carbocycles. The Labute approximate surface area is 103 Å². The van der Waals surface area contributed by atoms with Gasteiger partial charge in [-0.2, -0.15) is 0 Å². The van der Waals surface area contributed by atoms with Crippen LogP contribution in [-0.4, -0.2) is 27.3 Å². The summed E-state index contributed by atoms with van der Waals surface area (Å²) in [5.41, 5.74) is 1.30. The van der Waals surface area contributed by atoms with Crippen molar-refractivity contribution in [1.82, 2.24) is 5.32 Å². The maximum Gasteiger partial charge on any atom is 0.122 e. The Kier molecular flexibility index (Phi) is 4.26. The van der Waals surface area contributed by atoms with Crippen LogP contribution in [0.3, 0.4) is 0 Å². The molecule has 1 heterocycles. The first-order chi connectivity index (χ1) is 8.31. The average molecular weight is 235 g/mol. The molecule has 1 fully saturated rings. The molecular weight excluding hydrogens is 214 g/mol. The Morgan fingerprint density at radius 2 is 1.88 bits per heavy atom. The molecule has 0 spiro atoms. The van der Waals surface area contributed by atoms with E-state index in [1.807, 2.05) is 6.07 Å². The highest BCUT2D eigenvalue weighted by Crippen LogP contribution is 2.25. The summed E-state index contributed by atoms with van der Waals surface area (Å²) in [6, 6.07) is 6.14. The Morgan fingerprint density at radius 1 is 1.18 bits per heavy atom. The summed E-state index contributed by atoms with van der Waals surface area (Å²) in [5.74, 6) is 2.49. The molecule has 2 rings (SSSR count). The molecular formula is C14H21NO2. The Balaban J connectivity index is 2.07. The zero-order valence-corrected chi connectivity index (χ0v) is 10.7. The van der Waals surface area contributed by atoms with Gasteiger partial charge in [0.25, 0.3) is 0 Å². The fraction of sp³-hybridized carbons (Fsp3) is 0.571. The second-order valence-electron chi connectivity index (χ2n) is 4.64. The standard InChI is InChI=1S/C14H21NO2/c1-16-13-7-12(8-14(9-13)17-2)6-11-4-3-5-15-10-11/h7-9,11,15H,3-6,10H2,1-2H3/t11-/m0/s1. The van der Waals surface area contributed by atoms with Crippen molar-refractivity contribution < 1.29 is 9.47 Å². The lowest BCUT2D eigenvalue weighted by atomic mass is 9.92. The van der Waals surface area contributed by atoms with Gasteiger partial charge >= 0.3 is 0 Å². The van der Waals surface area contributed by atoms with Crippen molar-refractivity contribution in [2.75, 3.05) is 27.3 Å². The first kappa shape index (κ1) is 12.2. The van der Waals surface area contributed by atoms with E-state index in [0.29, 0.717) is 0 Å². The van der Waals surface area contributed by atoms with E-state index in [2.05, 4.69) is 17.4 Å². The van der Waals surface area contributed by atoms with E-state index in [1.165, 1.54) is 18.4 Å². The monoisotopic (exact) mass is 235 g/mol. The molecule has 1 atom stereocenters. The zero-order valence-electron chi connectivity index (χ0n) is 10.7. The van der Waals surface area contributed by atoms with Crippen LogP contribution in [0.5, 0.6) is 11.5 Å². The molecule has 0 aliphatic carbocycles. The Hall–Kier alpha value is -1.22. The third kappa shape index (κ3) is 3.37. The van der Waals surface area contributed by atoms with E-state index >= 15 is 0 Å². The lowest BCUT2D eigenvalue weighted by molar-refractivity contribution is 0.371. The molecule has 0 saturated carbocycles. The number of hydrogen-bond donors (Lipinski definition) is 1. The van der Waals surface area contributed by atoms with Crippen molar-refractivity contribution in [3.05, 3.63) is 23.8 Å². The molecule has 1 aliphatic rings. The summed E-state index contributed by atoms with van der Waals surface area (Å²) in [7, 11) is 3.39. The van der Waals surface area contributed by atoms with Gasteiger partial charge in [-0.25, -0.2) is 0 Å². The van der Waals surface area contributed by atoms with Gasteiger partial charge in [-0.15, -0.1) is 0 Å². The summed E-state index contributed by atoms with van der Waals surface area (Å²) in [6.07, 6.45) is 3.69. The Morgan fingerprint density at radius 3 is 2.41 bits per heavy atom. The summed E-state index contributed by atoms with van der Waals surface area (Å²) >= 11 is 0. The fourth-order valence-electron chi connectivity index (χ4n) is 2.42. The predicted octanol–water partition coefficient (Wildman–Crippen LogP) is 2.25. The normalized spacial score (nSPS) is 20.0. The highest BCUT2D eigenvalue weighted by molar-refractivity contribution is 5.38. The summed E-state index contributed by atoms with van der Waals surface area (Å²) in [5, 5.41) is 3.45. The van der Waals surface area contributed by atoms with E-state index in [0.717, 1.165) is 36.9 Å². The van der Waals surface area contributed by atoms with Gasteiger partial charge in [-0.1, -0.05) is 0 Å². The fourth-order valence-corrected chi connectivity index (χ4v) is 2.42. The van der Waals surface area contributed by atoms with Crippen molar-refractivity contribution in [3.63, 3.8) is 0 Å². The van der Waals surface area contributed by atoms with Crippen LogP contribution >= 0.6 is 0 Å².